The molecule has 21 nitrogen and oxygen atoms in total. The zero-order valence-corrected chi connectivity index (χ0v) is 23.2. The molecule has 22 heteroatoms. The summed E-state index contributed by atoms with van der Waals surface area (Å²) in [4.78, 5) is 38.9. The maximum absolute atomic E-state index is 10.3. The second kappa shape index (κ2) is 18.7. The maximum Gasteiger partial charge on any atom is 1.00 e. The summed E-state index contributed by atoms with van der Waals surface area (Å²) >= 11 is 0. The van der Waals surface area contributed by atoms with Crippen LogP contribution in [0, 0.1) is 0 Å². The van der Waals surface area contributed by atoms with Gasteiger partial charge < -0.3 is 90.5 Å². The maximum atomic E-state index is 10.3. The molecule has 0 spiro atoms. The molecule has 0 saturated carbocycles. The van der Waals surface area contributed by atoms with Crippen LogP contribution in [0.5, 0.6) is 0 Å². The molecule has 2 aliphatic heterocycles. The molecule has 234 valence electrons. The summed E-state index contributed by atoms with van der Waals surface area (Å²) in [5.41, 5.74) is -2.74. The fourth-order valence-electron chi connectivity index (χ4n) is 3.28. The SMILES string of the molecule is O=C(O)CC(O)(CC(=O)O)C(=O)O.O=C([O-])O.OC[C@H]1O[C@@H](O[C@H]2[C@H](O)[C@@H](O)C(O)O[C@@H]2CO)[C@H](O)[C@@H](O)[C@H]1O.[Na+]. The molecule has 2 rings (SSSR count). The Morgan fingerprint density at radius 1 is 0.707 bits per heavy atom. The molecule has 41 heavy (non-hydrogen) atoms. The largest absolute Gasteiger partial charge is 1.00 e. The third-order valence-electron chi connectivity index (χ3n) is 5.26. The van der Waals surface area contributed by atoms with Crippen LogP contribution in [-0.2, 0) is 28.6 Å². The van der Waals surface area contributed by atoms with E-state index >= 15 is 0 Å². The van der Waals surface area contributed by atoms with Crippen molar-refractivity contribution < 1.29 is 134 Å². The van der Waals surface area contributed by atoms with Crippen molar-refractivity contribution in [2.24, 2.45) is 0 Å². The van der Waals surface area contributed by atoms with Crippen molar-refractivity contribution in [2.75, 3.05) is 13.2 Å². The second-order valence-corrected chi connectivity index (χ2v) is 8.27. The van der Waals surface area contributed by atoms with E-state index in [1.54, 1.807) is 0 Å². The summed E-state index contributed by atoms with van der Waals surface area (Å²) < 4.78 is 15.3. The minimum absolute atomic E-state index is 0. The number of carboxylic acids is 3. The van der Waals surface area contributed by atoms with Gasteiger partial charge in [-0.15, -0.1) is 0 Å². The van der Waals surface area contributed by atoms with E-state index in [1.165, 1.54) is 0 Å². The molecule has 1 unspecified atom stereocenters. The molecule has 0 radical (unpaired) electrons. The Morgan fingerprint density at radius 2 is 1.15 bits per heavy atom. The first-order chi connectivity index (χ1) is 18.3. The van der Waals surface area contributed by atoms with Gasteiger partial charge in [0.25, 0.3) is 0 Å². The fraction of sp³-hybridized carbons (Fsp3) is 0.789. The van der Waals surface area contributed by atoms with Gasteiger partial charge in [-0.3, -0.25) is 9.59 Å². The molecule has 2 aliphatic rings. The van der Waals surface area contributed by atoms with E-state index in [0.29, 0.717) is 0 Å². The average Bonchev–Trinajstić information content (AvgIpc) is 2.83. The zero-order chi connectivity index (χ0) is 31.5. The molecule has 0 aromatic heterocycles. The number of aliphatic hydroxyl groups is 9. The number of carboxylic acid groups (broad SMARTS) is 5. The molecule has 0 amide bonds. The Balaban J connectivity index is 0. The van der Waals surface area contributed by atoms with Crippen LogP contribution in [0.25, 0.3) is 0 Å². The molecule has 0 aliphatic carbocycles. The molecule has 2 saturated heterocycles. The first-order valence-corrected chi connectivity index (χ1v) is 10.9. The van der Waals surface area contributed by atoms with Gasteiger partial charge in [0.15, 0.2) is 18.2 Å². The minimum atomic E-state index is -2.74. The van der Waals surface area contributed by atoms with Gasteiger partial charge in [-0.25, -0.2) is 4.79 Å². The third-order valence-corrected chi connectivity index (χ3v) is 5.26. The van der Waals surface area contributed by atoms with Crippen molar-refractivity contribution >= 4 is 24.1 Å². The smallest absolute Gasteiger partial charge is 0.565 e. The molecule has 13 N–H and O–H groups in total. The molecular formula is C19H31NaO21. The van der Waals surface area contributed by atoms with Gasteiger partial charge in [0.2, 0.25) is 6.16 Å². The monoisotopic (exact) mass is 618 g/mol. The van der Waals surface area contributed by atoms with Crippen LogP contribution in [0.1, 0.15) is 12.8 Å². The number of carbonyl (C=O) groups is 4. The first kappa shape index (κ1) is 41.3. The van der Waals surface area contributed by atoms with Crippen molar-refractivity contribution in [3.8, 4) is 0 Å². The molecule has 0 aromatic carbocycles. The molecule has 2 fully saturated rings. The van der Waals surface area contributed by atoms with Crippen molar-refractivity contribution in [1.82, 2.24) is 0 Å². The van der Waals surface area contributed by atoms with Crippen LogP contribution in [0.2, 0.25) is 0 Å². The summed E-state index contributed by atoms with van der Waals surface area (Å²) in [6.07, 6.45) is -19.9. The summed E-state index contributed by atoms with van der Waals surface area (Å²) in [7, 11) is 0. The molecule has 10 atom stereocenters. The van der Waals surface area contributed by atoms with Crippen LogP contribution >= 0.6 is 0 Å². The molecule has 0 aromatic rings. The Labute approximate surface area is 251 Å². The first-order valence-electron chi connectivity index (χ1n) is 10.9. The van der Waals surface area contributed by atoms with Crippen molar-refractivity contribution in [3.63, 3.8) is 0 Å². The van der Waals surface area contributed by atoms with Gasteiger partial charge in [-0.05, 0) is 0 Å². The normalized spacial score (nSPS) is 33.0. The minimum Gasteiger partial charge on any atom is -0.565 e. The topological polar surface area (TPSA) is 382 Å². The Morgan fingerprint density at radius 3 is 1.51 bits per heavy atom. The number of rotatable bonds is 9. The van der Waals surface area contributed by atoms with E-state index in [2.05, 4.69) is 0 Å². The van der Waals surface area contributed by atoms with Gasteiger partial charge in [-0.1, -0.05) is 0 Å². The van der Waals surface area contributed by atoms with Gasteiger partial charge in [0.05, 0.1) is 26.1 Å². The van der Waals surface area contributed by atoms with Crippen molar-refractivity contribution in [1.29, 1.82) is 0 Å². The van der Waals surface area contributed by atoms with Gasteiger partial charge in [-0.2, -0.15) is 0 Å². The fourth-order valence-corrected chi connectivity index (χ4v) is 3.28. The van der Waals surface area contributed by atoms with Gasteiger partial charge >= 0.3 is 47.5 Å². The van der Waals surface area contributed by atoms with E-state index in [4.69, 9.17) is 54.8 Å². The molecule has 0 bridgehead atoms. The summed E-state index contributed by atoms with van der Waals surface area (Å²) in [5.74, 6) is -5.02. The van der Waals surface area contributed by atoms with E-state index in [-0.39, 0.29) is 29.6 Å². The van der Waals surface area contributed by atoms with Crippen LogP contribution < -0.4 is 34.7 Å². The number of hydrogen-bond acceptors (Lipinski definition) is 17. The van der Waals surface area contributed by atoms with Crippen LogP contribution in [-0.4, -0.2) is 171 Å². The Kier molecular flexibility index (Phi) is 18.8. The molecule has 2 heterocycles. The predicted octanol–water partition coefficient (Wildman–Crippen LogP) is -10.8. The number of aliphatic hydroxyl groups excluding tert-OH is 8. The summed E-state index contributed by atoms with van der Waals surface area (Å²) in [5, 5.41) is 126. The average molecular weight is 618 g/mol. The van der Waals surface area contributed by atoms with Crippen LogP contribution in [0.4, 0.5) is 4.79 Å². The van der Waals surface area contributed by atoms with Gasteiger partial charge in [0, 0.05) is 0 Å². The Bertz CT molecular complexity index is 818. The standard InChI is InChI=1S/C12H22O11.C6H8O7.CH2O3.Na/c13-1-3-5(15)6(16)9(19)12(22-3)23-10-4(2-14)21-11(20)8(18)7(10)17;7-3(8)1-6(13,5(11)12)2-4(9)10;2-1(3)4;/h3-20H,1-2H2;13H,1-2H2,(H,7,8)(H,9,10)(H,11,12);(H2,2,3,4);/q;;;+1/p-1/t3-,4-,5+,6+,7-,8-,9-,10-,11?,12+;;;/m1.../s1. The quantitative estimate of drug-likeness (QED) is 0.107. The van der Waals surface area contributed by atoms with Crippen LogP contribution in [0.3, 0.4) is 0 Å². The van der Waals surface area contributed by atoms with Gasteiger partial charge in [0.1, 0.15) is 48.8 Å². The van der Waals surface area contributed by atoms with Crippen LogP contribution in [0.15, 0.2) is 0 Å². The van der Waals surface area contributed by atoms with E-state index in [0.717, 1.165) is 0 Å². The third kappa shape index (κ3) is 12.9. The number of ether oxygens (including phenoxy) is 3. The zero-order valence-electron chi connectivity index (χ0n) is 21.2. The molecular weight excluding hydrogens is 587 g/mol. The van der Waals surface area contributed by atoms with E-state index < -0.39 is 117 Å². The summed E-state index contributed by atoms with van der Waals surface area (Å²) in [6.45, 7) is -1.35. The van der Waals surface area contributed by atoms with Crippen molar-refractivity contribution in [3.05, 3.63) is 0 Å². The number of hydrogen-bond donors (Lipinski definition) is 13. The number of aliphatic carboxylic acids is 3. The van der Waals surface area contributed by atoms with E-state index in [9.17, 15) is 50.1 Å². The summed E-state index contributed by atoms with van der Waals surface area (Å²) in [6, 6.07) is 0. The predicted molar refractivity (Wildman–Crippen MR) is 114 cm³/mol. The second-order valence-electron chi connectivity index (χ2n) is 8.27. The van der Waals surface area contributed by atoms with E-state index in [1.807, 2.05) is 0 Å². The van der Waals surface area contributed by atoms with Crippen molar-refractivity contribution in [2.45, 2.75) is 79.9 Å². The Hall–Kier alpha value is -1.80.